The Morgan fingerprint density at radius 3 is 2.42 bits per heavy atom. The van der Waals surface area contributed by atoms with Crippen LogP contribution in [0.5, 0.6) is 0 Å². The van der Waals surface area contributed by atoms with Crippen molar-refractivity contribution < 1.29 is 34.3 Å². The Morgan fingerprint density at radius 2 is 1.71 bits per heavy atom. The van der Waals surface area contributed by atoms with Gasteiger partial charge in [-0.05, 0) is 70.8 Å². The zero-order valence-electron chi connectivity index (χ0n) is 18.9. The largest absolute Gasteiger partial charge is 0.455 e. The minimum absolute atomic E-state index is 0.0352. The number of hydrogen-bond donors (Lipinski definition) is 3. The highest BCUT2D eigenvalue weighted by Crippen LogP contribution is 2.34. The van der Waals surface area contributed by atoms with Crippen LogP contribution in [0.1, 0.15) is 84.5 Å². The maximum Gasteiger partial charge on any atom is 0.334 e. The fraction of sp³-hybridized carbons (Fsp3) is 0.875. The normalized spacial score (nSPS) is 33.9. The summed E-state index contributed by atoms with van der Waals surface area (Å²) >= 11 is 0. The zero-order chi connectivity index (χ0) is 22.4. The molecule has 0 aromatic carbocycles. The molecule has 8 atom stereocenters. The Balaban J connectivity index is 1.30. The molecule has 178 valence electrons. The minimum Gasteiger partial charge on any atom is -0.455 e. The molecular weight excluding hydrogens is 400 g/mol. The van der Waals surface area contributed by atoms with E-state index in [-0.39, 0.29) is 42.6 Å². The lowest BCUT2D eigenvalue weighted by molar-refractivity contribution is -0.139. The van der Waals surface area contributed by atoms with Crippen LogP contribution < -0.4 is 0 Å². The van der Waals surface area contributed by atoms with E-state index < -0.39 is 12.2 Å². The highest BCUT2D eigenvalue weighted by Gasteiger charge is 2.39. The Hall–Kier alpha value is -0.990. The van der Waals surface area contributed by atoms with E-state index in [1.807, 2.05) is 0 Å². The van der Waals surface area contributed by atoms with Crippen molar-refractivity contribution in [2.45, 2.75) is 133 Å². The molecule has 8 unspecified atom stereocenters. The van der Waals surface area contributed by atoms with Gasteiger partial charge in [0.05, 0.1) is 42.7 Å². The maximum absolute atomic E-state index is 11.6. The summed E-state index contributed by atoms with van der Waals surface area (Å²) in [6, 6.07) is 0. The van der Waals surface area contributed by atoms with E-state index in [0.717, 1.165) is 38.5 Å². The van der Waals surface area contributed by atoms with Gasteiger partial charge in [-0.25, -0.2) is 4.79 Å². The summed E-state index contributed by atoms with van der Waals surface area (Å²) in [4.78, 5) is 11.6. The van der Waals surface area contributed by atoms with Crippen LogP contribution in [0.25, 0.3) is 0 Å². The first kappa shape index (κ1) is 24.6. The number of aliphatic hydroxyl groups excluding tert-OH is 3. The zero-order valence-corrected chi connectivity index (χ0v) is 18.9. The van der Waals surface area contributed by atoms with Gasteiger partial charge in [-0.1, -0.05) is 13.3 Å². The van der Waals surface area contributed by atoms with Gasteiger partial charge < -0.3 is 29.5 Å². The number of aliphatic hydroxyl groups is 3. The van der Waals surface area contributed by atoms with Crippen LogP contribution in [0, 0.1) is 0 Å². The fourth-order valence-electron chi connectivity index (χ4n) is 5.06. The average Bonchev–Trinajstić information content (AvgIpc) is 3.42. The van der Waals surface area contributed by atoms with Gasteiger partial charge in [0, 0.05) is 12.0 Å². The molecule has 2 saturated heterocycles. The van der Waals surface area contributed by atoms with E-state index in [2.05, 4.69) is 6.92 Å². The third kappa shape index (κ3) is 7.26. The Labute approximate surface area is 185 Å². The van der Waals surface area contributed by atoms with Crippen molar-refractivity contribution in [3.8, 4) is 0 Å². The maximum atomic E-state index is 11.6. The lowest BCUT2D eigenvalue weighted by Gasteiger charge is -2.23. The number of ether oxygens (including phenoxy) is 3. The Kier molecular flexibility index (Phi) is 9.34. The van der Waals surface area contributed by atoms with E-state index >= 15 is 0 Å². The molecule has 0 aromatic heterocycles. The summed E-state index contributed by atoms with van der Waals surface area (Å²) in [5.41, 5.74) is 0.546. The average molecular weight is 441 g/mol. The highest BCUT2D eigenvalue weighted by atomic mass is 16.6. The summed E-state index contributed by atoms with van der Waals surface area (Å²) < 4.78 is 17.3. The van der Waals surface area contributed by atoms with Crippen LogP contribution in [0.4, 0.5) is 0 Å². The fourth-order valence-corrected chi connectivity index (χ4v) is 5.06. The summed E-state index contributed by atoms with van der Waals surface area (Å²) in [5.74, 6) is -0.336. The van der Waals surface area contributed by atoms with Gasteiger partial charge in [-0.3, -0.25) is 0 Å². The second kappa shape index (κ2) is 11.8. The van der Waals surface area contributed by atoms with Crippen LogP contribution in [0.3, 0.4) is 0 Å². The van der Waals surface area contributed by atoms with Crippen molar-refractivity contribution in [2.24, 2.45) is 0 Å². The summed E-state index contributed by atoms with van der Waals surface area (Å²) in [7, 11) is 0. The van der Waals surface area contributed by atoms with Crippen molar-refractivity contribution in [3.05, 3.63) is 11.6 Å². The van der Waals surface area contributed by atoms with Crippen molar-refractivity contribution in [3.63, 3.8) is 0 Å². The lowest BCUT2D eigenvalue weighted by Crippen LogP contribution is -2.31. The number of hydrogen-bond acceptors (Lipinski definition) is 7. The van der Waals surface area contributed by atoms with Crippen LogP contribution >= 0.6 is 0 Å². The topological polar surface area (TPSA) is 105 Å². The number of carbonyl (C=O) groups excluding carboxylic acids is 1. The second-order valence-electron chi connectivity index (χ2n) is 9.50. The lowest BCUT2D eigenvalue weighted by atomic mass is 9.99. The summed E-state index contributed by atoms with van der Waals surface area (Å²) in [6.07, 6.45) is 8.28. The molecule has 3 heterocycles. The third-order valence-electron chi connectivity index (χ3n) is 6.71. The van der Waals surface area contributed by atoms with E-state index in [1.54, 1.807) is 13.0 Å². The van der Waals surface area contributed by atoms with Gasteiger partial charge >= 0.3 is 5.97 Å². The SMILES string of the molecule is CCCC(O)C1CCC(C2CCC(CC(O)CCCC(O)CC3=CC(C)OC3=O)O2)O1. The van der Waals surface area contributed by atoms with Crippen molar-refractivity contribution in [1.29, 1.82) is 0 Å². The molecule has 3 rings (SSSR count). The molecule has 3 N–H and O–H groups in total. The smallest absolute Gasteiger partial charge is 0.334 e. The molecule has 7 nitrogen and oxygen atoms in total. The van der Waals surface area contributed by atoms with Gasteiger partial charge in [0.2, 0.25) is 0 Å². The van der Waals surface area contributed by atoms with Crippen molar-refractivity contribution in [1.82, 2.24) is 0 Å². The molecule has 0 amide bonds. The minimum atomic E-state index is -0.598. The molecule has 31 heavy (non-hydrogen) atoms. The quantitative estimate of drug-likeness (QED) is 0.401. The highest BCUT2D eigenvalue weighted by molar-refractivity contribution is 5.90. The van der Waals surface area contributed by atoms with Crippen LogP contribution in [0.2, 0.25) is 0 Å². The Bertz CT molecular complexity index is 607. The van der Waals surface area contributed by atoms with Gasteiger partial charge in [-0.2, -0.15) is 0 Å². The molecule has 0 aromatic rings. The standard InChI is InChI=1S/C24H40O7/c1-3-5-20(27)21-10-11-23(31-21)22-9-8-19(30-22)14-18(26)7-4-6-17(25)13-16-12-15(2)29-24(16)28/h12,15,17-23,25-27H,3-11,13-14H2,1-2H3. The molecule has 3 aliphatic heterocycles. The molecule has 0 bridgehead atoms. The first-order valence-electron chi connectivity index (χ1n) is 12.1. The van der Waals surface area contributed by atoms with Crippen LogP contribution in [-0.4, -0.2) is 70.1 Å². The molecule has 2 fully saturated rings. The van der Waals surface area contributed by atoms with Crippen molar-refractivity contribution >= 4 is 5.97 Å². The monoisotopic (exact) mass is 440 g/mol. The van der Waals surface area contributed by atoms with Crippen LogP contribution in [0.15, 0.2) is 11.6 Å². The first-order valence-corrected chi connectivity index (χ1v) is 12.1. The Morgan fingerprint density at radius 1 is 1.00 bits per heavy atom. The van der Waals surface area contributed by atoms with Gasteiger partial charge in [0.25, 0.3) is 0 Å². The van der Waals surface area contributed by atoms with E-state index in [4.69, 9.17) is 14.2 Å². The van der Waals surface area contributed by atoms with Crippen molar-refractivity contribution in [2.75, 3.05) is 0 Å². The summed E-state index contributed by atoms with van der Waals surface area (Å²) in [5, 5.41) is 30.7. The van der Waals surface area contributed by atoms with E-state index in [1.165, 1.54) is 0 Å². The predicted molar refractivity (Wildman–Crippen MR) is 115 cm³/mol. The second-order valence-corrected chi connectivity index (χ2v) is 9.50. The third-order valence-corrected chi connectivity index (χ3v) is 6.71. The molecule has 7 heteroatoms. The molecular formula is C24H40O7. The number of esters is 1. The van der Waals surface area contributed by atoms with Gasteiger partial charge in [0.1, 0.15) is 6.10 Å². The number of rotatable bonds is 12. The van der Waals surface area contributed by atoms with E-state index in [0.29, 0.717) is 37.7 Å². The van der Waals surface area contributed by atoms with E-state index in [9.17, 15) is 20.1 Å². The van der Waals surface area contributed by atoms with Gasteiger partial charge in [0.15, 0.2) is 0 Å². The van der Waals surface area contributed by atoms with Gasteiger partial charge in [-0.15, -0.1) is 0 Å². The summed E-state index contributed by atoms with van der Waals surface area (Å²) in [6.45, 7) is 3.87. The first-order chi connectivity index (χ1) is 14.9. The predicted octanol–water partition coefficient (Wildman–Crippen LogP) is 2.79. The number of carbonyl (C=O) groups is 1. The number of cyclic esters (lactones) is 1. The molecule has 0 radical (unpaired) electrons. The molecule has 0 saturated carbocycles. The van der Waals surface area contributed by atoms with Crippen LogP contribution in [-0.2, 0) is 19.0 Å². The molecule has 3 aliphatic rings. The molecule has 0 aliphatic carbocycles. The molecule has 0 spiro atoms.